The van der Waals surface area contributed by atoms with Gasteiger partial charge >= 0.3 is 12.1 Å². The van der Waals surface area contributed by atoms with Gasteiger partial charge in [-0.1, -0.05) is 6.92 Å². The maximum atomic E-state index is 11.3. The molecule has 0 aromatic rings. The number of carbonyl (C=O) groups is 2. The number of rotatable bonds is 9. The second-order valence-electron chi connectivity index (χ2n) is 3.83. The highest BCUT2D eigenvalue weighted by atomic mass is 31.1. The van der Waals surface area contributed by atoms with Crippen molar-refractivity contribution in [1.29, 1.82) is 0 Å². The van der Waals surface area contributed by atoms with Crippen LogP contribution in [0.15, 0.2) is 0 Å². The molecular formula is C11H22NO6P. The number of nitrogens with one attached hydrogen (secondary N) is 1. The molecule has 0 aliphatic carbocycles. The van der Waals surface area contributed by atoms with Gasteiger partial charge in [0.25, 0.3) is 0 Å². The van der Waals surface area contributed by atoms with Crippen molar-refractivity contribution in [2.75, 3.05) is 19.8 Å². The van der Waals surface area contributed by atoms with Crippen molar-refractivity contribution in [3.63, 3.8) is 0 Å². The van der Waals surface area contributed by atoms with Crippen LogP contribution >= 0.6 is 8.03 Å². The highest BCUT2D eigenvalue weighted by Gasteiger charge is 2.12. The van der Waals surface area contributed by atoms with Gasteiger partial charge in [-0.25, -0.2) is 4.79 Å². The number of amides is 1. The Kier molecular flexibility index (Phi) is 10.2. The van der Waals surface area contributed by atoms with Crippen molar-refractivity contribution in [3.8, 4) is 0 Å². The molecule has 19 heavy (non-hydrogen) atoms. The fraction of sp³-hybridized carbons (Fsp3) is 0.818. The van der Waals surface area contributed by atoms with Crippen molar-refractivity contribution in [1.82, 2.24) is 5.32 Å². The summed E-state index contributed by atoms with van der Waals surface area (Å²) >= 11 is 0. The van der Waals surface area contributed by atoms with Crippen LogP contribution < -0.4 is 5.32 Å². The molecule has 1 N–H and O–H groups in total. The normalized spacial score (nSPS) is 13.4. The average Bonchev–Trinajstić information content (AvgIpc) is 2.27. The van der Waals surface area contributed by atoms with E-state index >= 15 is 0 Å². The molecule has 0 radical (unpaired) electrons. The maximum absolute atomic E-state index is 11.3. The minimum absolute atomic E-state index is 0.295. The predicted molar refractivity (Wildman–Crippen MR) is 70.4 cm³/mol. The van der Waals surface area contributed by atoms with E-state index in [1.165, 1.54) is 13.6 Å². The molecule has 0 aliphatic heterocycles. The molecule has 0 saturated carbocycles. The smallest absolute Gasteiger partial charge is 0.410 e. The van der Waals surface area contributed by atoms with Crippen molar-refractivity contribution < 1.29 is 28.2 Å². The summed E-state index contributed by atoms with van der Waals surface area (Å²) in [7, 11) is -1.92. The second-order valence-corrected chi connectivity index (χ2v) is 5.11. The third-order valence-electron chi connectivity index (χ3n) is 1.92. The van der Waals surface area contributed by atoms with Crippen LogP contribution in [0.1, 0.15) is 33.1 Å². The van der Waals surface area contributed by atoms with Crippen LogP contribution in [0.4, 0.5) is 4.79 Å². The minimum Gasteiger partial charge on any atom is -0.425 e. The van der Waals surface area contributed by atoms with Crippen molar-refractivity contribution in [2.24, 2.45) is 0 Å². The van der Waals surface area contributed by atoms with E-state index in [9.17, 15) is 14.2 Å². The Morgan fingerprint density at radius 2 is 2.00 bits per heavy atom. The molecule has 0 aromatic carbocycles. The molecule has 2 unspecified atom stereocenters. The third kappa shape index (κ3) is 11.7. The van der Waals surface area contributed by atoms with Gasteiger partial charge in [-0.15, -0.1) is 0 Å². The first-order chi connectivity index (χ1) is 8.95. The number of ether oxygens (including phenoxy) is 2. The van der Waals surface area contributed by atoms with Gasteiger partial charge in [0, 0.05) is 26.6 Å². The van der Waals surface area contributed by atoms with E-state index in [2.05, 4.69) is 5.32 Å². The van der Waals surface area contributed by atoms with E-state index in [4.69, 9.17) is 14.0 Å². The zero-order chi connectivity index (χ0) is 14.7. The standard InChI is InChI=1S/C11H22NO6P/c1-4-6-10(13)17-9(2)18-11(14)12-7-5-8-16-19(3)15/h9,19H,4-8H2,1-3H3,(H,12,14). The van der Waals surface area contributed by atoms with Crippen molar-refractivity contribution in [3.05, 3.63) is 0 Å². The predicted octanol–water partition coefficient (Wildman–Crippen LogP) is 1.91. The molecule has 0 aromatic heterocycles. The lowest BCUT2D eigenvalue weighted by Gasteiger charge is -2.14. The summed E-state index contributed by atoms with van der Waals surface area (Å²) in [5, 5.41) is 2.47. The van der Waals surface area contributed by atoms with Gasteiger partial charge in [-0.3, -0.25) is 9.36 Å². The molecule has 2 atom stereocenters. The minimum atomic E-state index is -1.92. The van der Waals surface area contributed by atoms with E-state index in [0.29, 0.717) is 32.4 Å². The van der Waals surface area contributed by atoms with E-state index in [-0.39, 0.29) is 0 Å². The Bertz CT molecular complexity index is 310. The SMILES string of the molecule is CCCC(=O)OC(C)OC(=O)NCCCO[PH](C)=O. The molecule has 0 bridgehead atoms. The first-order valence-electron chi connectivity index (χ1n) is 6.23. The molecule has 7 nitrogen and oxygen atoms in total. The lowest BCUT2D eigenvalue weighted by atomic mass is 10.3. The largest absolute Gasteiger partial charge is 0.425 e. The van der Waals surface area contributed by atoms with Crippen molar-refractivity contribution >= 4 is 20.1 Å². The van der Waals surface area contributed by atoms with Gasteiger partial charge in [0.2, 0.25) is 6.29 Å². The van der Waals surface area contributed by atoms with Crippen LogP contribution in [0.25, 0.3) is 0 Å². The molecular weight excluding hydrogens is 273 g/mol. The zero-order valence-electron chi connectivity index (χ0n) is 11.6. The summed E-state index contributed by atoms with van der Waals surface area (Å²) in [6.07, 6.45) is -0.0757. The number of hydrogen-bond donors (Lipinski definition) is 1. The molecule has 0 saturated heterocycles. The average molecular weight is 295 g/mol. The van der Waals surface area contributed by atoms with Gasteiger partial charge < -0.3 is 19.3 Å². The topological polar surface area (TPSA) is 90.9 Å². The summed E-state index contributed by atoms with van der Waals surface area (Å²) in [4.78, 5) is 22.4. The van der Waals surface area contributed by atoms with Crippen molar-refractivity contribution in [2.45, 2.75) is 39.4 Å². The fourth-order valence-corrected chi connectivity index (χ4v) is 1.57. The van der Waals surface area contributed by atoms with E-state index in [1.807, 2.05) is 6.92 Å². The Morgan fingerprint density at radius 1 is 1.32 bits per heavy atom. The highest BCUT2D eigenvalue weighted by molar-refractivity contribution is 7.38. The van der Waals surface area contributed by atoms with Crippen LogP contribution in [0, 0.1) is 0 Å². The molecule has 0 spiro atoms. The Morgan fingerprint density at radius 3 is 2.58 bits per heavy atom. The summed E-state index contributed by atoms with van der Waals surface area (Å²) in [5.41, 5.74) is 0. The summed E-state index contributed by atoms with van der Waals surface area (Å²) in [5.74, 6) is -0.399. The molecule has 0 fully saturated rings. The summed E-state index contributed by atoms with van der Waals surface area (Å²) in [6.45, 7) is 5.48. The number of hydrogen-bond acceptors (Lipinski definition) is 6. The third-order valence-corrected chi connectivity index (χ3v) is 2.53. The van der Waals surface area contributed by atoms with Gasteiger partial charge in [-0.2, -0.15) is 0 Å². The van der Waals surface area contributed by atoms with Crippen LogP contribution in [-0.4, -0.2) is 38.2 Å². The molecule has 0 heterocycles. The Labute approximate surface area is 113 Å². The van der Waals surface area contributed by atoms with Crippen LogP contribution in [0.5, 0.6) is 0 Å². The summed E-state index contributed by atoms with van der Waals surface area (Å²) < 4.78 is 25.2. The Balaban J connectivity index is 3.62. The maximum Gasteiger partial charge on any atom is 0.410 e. The first-order valence-corrected chi connectivity index (χ1v) is 8.04. The second kappa shape index (κ2) is 10.8. The van der Waals surface area contributed by atoms with Gasteiger partial charge in [0.15, 0.2) is 8.03 Å². The molecule has 8 heteroatoms. The van der Waals surface area contributed by atoms with E-state index in [1.54, 1.807) is 0 Å². The van der Waals surface area contributed by atoms with E-state index < -0.39 is 26.4 Å². The van der Waals surface area contributed by atoms with Crippen LogP contribution in [0.3, 0.4) is 0 Å². The lowest BCUT2D eigenvalue weighted by Crippen LogP contribution is -2.31. The highest BCUT2D eigenvalue weighted by Crippen LogP contribution is 2.14. The monoisotopic (exact) mass is 295 g/mol. The van der Waals surface area contributed by atoms with Gasteiger partial charge in [0.05, 0.1) is 6.61 Å². The van der Waals surface area contributed by atoms with E-state index in [0.717, 1.165) is 0 Å². The Hall–Kier alpha value is -1.07. The summed E-state index contributed by atoms with van der Waals surface area (Å²) in [6, 6.07) is 0. The van der Waals surface area contributed by atoms with Crippen LogP contribution in [0.2, 0.25) is 0 Å². The zero-order valence-corrected chi connectivity index (χ0v) is 12.6. The number of carbonyl (C=O) groups excluding carboxylic acids is 2. The number of alkyl carbamates (subject to hydrolysis) is 1. The quantitative estimate of drug-likeness (QED) is 0.302. The molecule has 0 aliphatic rings. The first kappa shape index (κ1) is 17.9. The molecule has 112 valence electrons. The molecule has 0 rings (SSSR count). The van der Waals surface area contributed by atoms with Gasteiger partial charge in [-0.05, 0) is 12.8 Å². The fourth-order valence-electron chi connectivity index (χ4n) is 1.14. The van der Waals surface area contributed by atoms with Crippen LogP contribution in [-0.2, 0) is 23.4 Å². The lowest BCUT2D eigenvalue weighted by molar-refractivity contribution is -0.164. The molecule has 1 amide bonds. The number of esters is 1. The van der Waals surface area contributed by atoms with Gasteiger partial charge in [0.1, 0.15) is 0 Å².